The third-order valence-corrected chi connectivity index (χ3v) is 15.7. The van der Waals surface area contributed by atoms with Crippen molar-refractivity contribution in [3.63, 3.8) is 0 Å². The normalized spacial score (nSPS) is 30.8. The van der Waals surface area contributed by atoms with Crippen molar-refractivity contribution < 1.29 is 4.74 Å². The average Bonchev–Trinajstić information content (AvgIpc) is 3.42. The largest absolute Gasteiger partial charge is 0.497 e. The first-order valence-corrected chi connectivity index (χ1v) is 22.0. The first-order valence-electron chi connectivity index (χ1n) is 18.4. The molecule has 2 unspecified atom stereocenters. The van der Waals surface area contributed by atoms with Crippen molar-refractivity contribution in [1.82, 2.24) is 5.23 Å². The van der Waals surface area contributed by atoms with Crippen LogP contribution in [-0.4, -0.2) is 28.7 Å². The monoisotopic (exact) mass is 607 g/mol. The zero-order valence-corrected chi connectivity index (χ0v) is 29.6. The van der Waals surface area contributed by atoms with Crippen molar-refractivity contribution in [2.75, 3.05) is 7.11 Å². The van der Waals surface area contributed by atoms with Crippen molar-refractivity contribution in [2.45, 2.75) is 138 Å². The summed E-state index contributed by atoms with van der Waals surface area (Å²) in [6.45, 7) is 11.8. The van der Waals surface area contributed by atoms with E-state index in [0.717, 1.165) is 41.4 Å². The predicted molar refractivity (Wildman–Crippen MR) is 195 cm³/mol. The number of methoxy groups -OCH3 is 1. The van der Waals surface area contributed by atoms with Gasteiger partial charge < -0.3 is 9.96 Å². The molecule has 4 aliphatic rings. The van der Waals surface area contributed by atoms with Crippen molar-refractivity contribution in [1.29, 1.82) is 0 Å². The maximum Gasteiger partial charge on any atom is 0.232 e. The molecule has 4 aliphatic heterocycles. The Hall–Kier alpha value is -1.71. The quantitative estimate of drug-likeness (QED) is 0.226. The molecule has 4 bridgehead atoms. The topological polar surface area (TPSA) is 21.3 Å². The van der Waals surface area contributed by atoms with E-state index in [4.69, 9.17) is 4.74 Å². The van der Waals surface area contributed by atoms with Gasteiger partial charge in [0.15, 0.2) is 0 Å². The highest BCUT2D eigenvalue weighted by Crippen LogP contribution is 2.52. The zero-order chi connectivity index (χ0) is 30.7. The third kappa shape index (κ3) is 6.99. The van der Waals surface area contributed by atoms with Gasteiger partial charge in [-0.25, -0.2) is 0 Å². The maximum atomic E-state index is 5.60. The summed E-state index contributed by atoms with van der Waals surface area (Å²) in [5.74, 6) is 4.92. The van der Waals surface area contributed by atoms with E-state index in [1.807, 2.05) is 0 Å². The molecule has 4 heterocycles. The molecule has 0 aliphatic carbocycles. The van der Waals surface area contributed by atoms with Gasteiger partial charge in [0.1, 0.15) is 12.5 Å². The molecule has 0 spiro atoms. The number of nitrogens with one attached hydrogen (secondary N) is 1. The second-order valence-corrected chi connectivity index (χ2v) is 21.9. The minimum absolute atomic E-state index is 0.226. The highest BCUT2D eigenvalue weighted by Gasteiger charge is 2.48. The fourth-order valence-corrected chi connectivity index (χ4v) is 14.3. The first-order chi connectivity index (χ1) is 21.3. The van der Waals surface area contributed by atoms with Gasteiger partial charge in [-0.05, 0) is 48.1 Å². The lowest BCUT2D eigenvalue weighted by atomic mass is 9.35. The Bertz CT molecular complexity index is 1210. The zero-order valence-electron chi connectivity index (χ0n) is 28.6. The molecule has 0 aromatic heterocycles. The van der Waals surface area contributed by atoms with Gasteiger partial charge >= 0.3 is 0 Å². The van der Waals surface area contributed by atoms with E-state index in [9.17, 15) is 0 Å². The van der Waals surface area contributed by atoms with Crippen LogP contribution in [0.3, 0.4) is 0 Å². The molecule has 0 radical (unpaired) electrons. The summed E-state index contributed by atoms with van der Waals surface area (Å²) in [6, 6.07) is 20.5. The lowest BCUT2D eigenvalue weighted by Crippen LogP contribution is -2.53. The van der Waals surface area contributed by atoms with Crippen LogP contribution in [0.15, 0.2) is 66.7 Å². The van der Waals surface area contributed by atoms with E-state index < -0.39 is 8.07 Å². The number of rotatable bonds is 9. The lowest BCUT2D eigenvalue weighted by Gasteiger charge is -2.40. The second kappa shape index (κ2) is 14.0. The van der Waals surface area contributed by atoms with E-state index >= 15 is 0 Å². The predicted octanol–water partition coefficient (Wildman–Crippen LogP) is 10.8. The summed E-state index contributed by atoms with van der Waals surface area (Å²) < 4.78 is 5.60. The molecular formula is C39H59B2NOSi. The SMILES string of the molecule is COc1ccc([C@@](C)(/C=C/CB2C3CCCC(CCC3)C2[Si](C)(C)C)NB2C3CCCC(CCC3)C2c2ccccc2)cc1. The molecule has 4 saturated heterocycles. The number of hydrogen-bond acceptors (Lipinski definition) is 2. The number of benzene rings is 2. The highest BCUT2D eigenvalue weighted by atomic mass is 28.3. The summed E-state index contributed by atoms with van der Waals surface area (Å²) in [7, 11) is 0.505. The lowest BCUT2D eigenvalue weighted by molar-refractivity contribution is 0.391. The van der Waals surface area contributed by atoms with Gasteiger partial charge in [0.05, 0.1) is 7.11 Å². The molecule has 0 saturated carbocycles. The molecule has 6 rings (SSSR count). The minimum Gasteiger partial charge on any atom is -0.497 e. The van der Waals surface area contributed by atoms with Gasteiger partial charge in [-0.15, -0.1) is 0 Å². The minimum atomic E-state index is -1.27. The van der Waals surface area contributed by atoms with Crippen LogP contribution >= 0.6 is 0 Å². The van der Waals surface area contributed by atoms with Gasteiger partial charge in [0, 0.05) is 13.6 Å². The summed E-state index contributed by atoms with van der Waals surface area (Å²) in [6.07, 6.45) is 23.6. The number of fused-ring (bicyclic) bond motifs is 6. The fourth-order valence-electron chi connectivity index (χ4n) is 10.9. The van der Waals surface area contributed by atoms with Crippen LogP contribution < -0.4 is 9.96 Å². The molecule has 3 atom stereocenters. The van der Waals surface area contributed by atoms with Crippen LogP contribution in [-0.2, 0) is 5.54 Å². The van der Waals surface area contributed by atoms with Crippen molar-refractivity contribution in [3.05, 3.63) is 77.9 Å². The van der Waals surface area contributed by atoms with Crippen LogP contribution in [0.5, 0.6) is 5.75 Å². The molecule has 236 valence electrons. The summed E-state index contributed by atoms with van der Waals surface area (Å²) >= 11 is 0. The molecule has 2 nitrogen and oxygen atoms in total. The molecule has 1 N–H and O–H groups in total. The fraction of sp³-hybridized carbons (Fsp3) is 0.641. The van der Waals surface area contributed by atoms with Gasteiger partial charge in [0.2, 0.25) is 6.85 Å². The van der Waals surface area contributed by atoms with Gasteiger partial charge in [-0.1, -0.05) is 174 Å². The molecule has 2 aromatic rings. The van der Waals surface area contributed by atoms with E-state index in [1.54, 1.807) is 12.7 Å². The summed E-state index contributed by atoms with van der Waals surface area (Å²) in [5, 5.41) is 4.47. The number of ether oxygens (including phenoxy) is 1. The second-order valence-electron chi connectivity index (χ2n) is 16.5. The number of hydrogen-bond donors (Lipinski definition) is 1. The van der Waals surface area contributed by atoms with Crippen LogP contribution in [0.1, 0.15) is 101 Å². The van der Waals surface area contributed by atoms with Crippen molar-refractivity contribution >= 4 is 21.6 Å². The summed E-state index contributed by atoms with van der Waals surface area (Å²) in [5.41, 5.74) is 3.65. The van der Waals surface area contributed by atoms with E-state index in [0.29, 0.717) is 12.7 Å². The van der Waals surface area contributed by atoms with E-state index in [-0.39, 0.29) is 5.54 Å². The molecule has 4 fully saturated rings. The van der Waals surface area contributed by atoms with Crippen molar-refractivity contribution in [3.8, 4) is 5.75 Å². The van der Waals surface area contributed by atoms with Crippen LogP contribution in [0.4, 0.5) is 0 Å². The van der Waals surface area contributed by atoms with Crippen molar-refractivity contribution in [2.24, 2.45) is 11.8 Å². The molecule has 0 amide bonds. The highest BCUT2D eigenvalue weighted by molar-refractivity contribution is 6.90. The smallest absolute Gasteiger partial charge is 0.232 e. The van der Waals surface area contributed by atoms with Crippen LogP contribution in [0.2, 0.25) is 43.0 Å². The summed E-state index contributed by atoms with van der Waals surface area (Å²) in [4.78, 5) is 0. The molecule has 2 aromatic carbocycles. The Kier molecular flexibility index (Phi) is 10.2. The molecule has 44 heavy (non-hydrogen) atoms. The average molecular weight is 608 g/mol. The number of allylic oxidation sites excluding steroid dienone is 1. The first kappa shape index (κ1) is 32.2. The Balaban J connectivity index is 1.35. The Morgan fingerprint density at radius 2 is 1.39 bits per heavy atom. The van der Waals surface area contributed by atoms with Crippen LogP contribution in [0.25, 0.3) is 0 Å². The molecular weight excluding hydrogens is 548 g/mol. The Morgan fingerprint density at radius 1 is 0.795 bits per heavy atom. The van der Waals surface area contributed by atoms with Crippen LogP contribution in [0, 0.1) is 11.8 Å². The Morgan fingerprint density at radius 3 is 1.98 bits per heavy atom. The maximum absolute atomic E-state index is 5.60. The van der Waals surface area contributed by atoms with Gasteiger partial charge in [-0.2, -0.15) is 0 Å². The van der Waals surface area contributed by atoms with E-state index in [2.05, 4.69) is 98.5 Å². The molecule has 5 heteroatoms. The standard InChI is InChI=1S/C39H59B2NOSi/c1-39(33-24-26-36(43-2)27-25-33,28-13-29-40-34-20-11-18-32(19-12-21-34)38(40)44(3,4)5)42-41-35-22-9-16-31(17-10-23-35)37(41)30-14-7-6-8-15-30/h6-8,13-15,24-28,31-32,34-35,37-38,42H,9-12,16-23,29H2,1-5H3/b28-13+/t31?,32?,34?,35?,37?,38?,39-/m1/s1. The van der Waals surface area contributed by atoms with E-state index in [1.165, 1.54) is 88.9 Å². The third-order valence-electron chi connectivity index (χ3n) is 12.8. The Labute approximate surface area is 271 Å². The van der Waals surface area contributed by atoms with Gasteiger partial charge in [0.25, 0.3) is 0 Å². The van der Waals surface area contributed by atoms with Gasteiger partial charge in [-0.3, -0.25) is 0 Å².